The highest BCUT2D eigenvalue weighted by Gasteiger charge is 2.24. The Morgan fingerprint density at radius 2 is 1.89 bits per heavy atom. The van der Waals surface area contributed by atoms with Crippen molar-refractivity contribution in [2.24, 2.45) is 5.92 Å². The van der Waals surface area contributed by atoms with Gasteiger partial charge >= 0.3 is 5.97 Å². The van der Waals surface area contributed by atoms with E-state index in [0.29, 0.717) is 6.07 Å². The molecule has 19 heavy (non-hydrogen) atoms. The molecular formula is C13H13F2NO3. The molecule has 1 unspecified atom stereocenters. The summed E-state index contributed by atoms with van der Waals surface area (Å²) in [5.41, 5.74) is 0.216. The summed E-state index contributed by atoms with van der Waals surface area (Å²) in [5, 5.41) is 11.2. The van der Waals surface area contributed by atoms with Crippen molar-refractivity contribution in [2.45, 2.75) is 13.0 Å². The lowest BCUT2D eigenvalue weighted by Crippen LogP contribution is -2.34. The normalized spacial score (nSPS) is 11.7. The number of halogens is 2. The number of carboxylic acids is 1. The van der Waals surface area contributed by atoms with Gasteiger partial charge in [-0.1, -0.05) is 6.08 Å². The van der Waals surface area contributed by atoms with Gasteiger partial charge in [-0.3, -0.25) is 9.59 Å². The van der Waals surface area contributed by atoms with Crippen LogP contribution in [0.2, 0.25) is 0 Å². The number of rotatable bonds is 6. The molecule has 0 radical (unpaired) electrons. The van der Waals surface area contributed by atoms with Crippen LogP contribution < -0.4 is 5.32 Å². The van der Waals surface area contributed by atoms with Crippen LogP contribution >= 0.6 is 0 Å². The average Bonchev–Trinajstić information content (AvgIpc) is 2.31. The molecule has 0 aromatic heterocycles. The molecule has 6 heteroatoms. The molecule has 0 aliphatic heterocycles. The first-order valence-electron chi connectivity index (χ1n) is 5.50. The van der Waals surface area contributed by atoms with Crippen LogP contribution in [0.4, 0.5) is 8.78 Å². The number of allylic oxidation sites excluding steroid dienone is 1. The van der Waals surface area contributed by atoms with Crippen LogP contribution in [0, 0.1) is 17.6 Å². The Hall–Kier alpha value is -2.24. The largest absolute Gasteiger partial charge is 0.481 e. The van der Waals surface area contributed by atoms with Crippen LogP contribution in [-0.4, -0.2) is 17.0 Å². The Kier molecular flexibility index (Phi) is 5.17. The number of aliphatic carboxylic acids is 1. The smallest absolute Gasteiger partial charge is 0.316 e. The van der Waals surface area contributed by atoms with Gasteiger partial charge in [-0.05, 0) is 24.1 Å². The maximum absolute atomic E-state index is 12.9. The van der Waals surface area contributed by atoms with Crippen LogP contribution in [0.25, 0.3) is 0 Å². The number of nitrogens with one attached hydrogen (secondary N) is 1. The van der Waals surface area contributed by atoms with Crippen molar-refractivity contribution in [1.29, 1.82) is 0 Å². The summed E-state index contributed by atoms with van der Waals surface area (Å²) in [7, 11) is 0. The molecular weight excluding hydrogens is 256 g/mol. The maximum atomic E-state index is 12.9. The van der Waals surface area contributed by atoms with Gasteiger partial charge in [0.15, 0.2) is 0 Å². The van der Waals surface area contributed by atoms with Crippen molar-refractivity contribution < 1.29 is 23.5 Å². The standard InChI is InChI=1S/C13H13F2NO3/c1-2-3-11(13(18)19)12(17)16-7-8-4-9(14)6-10(15)5-8/h2,4-6,11H,1,3,7H2,(H,16,17)(H,18,19). The molecule has 1 amide bonds. The van der Waals surface area contributed by atoms with E-state index in [0.717, 1.165) is 12.1 Å². The molecule has 1 rings (SSSR count). The van der Waals surface area contributed by atoms with Crippen molar-refractivity contribution >= 4 is 11.9 Å². The highest BCUT2D eigenvalue weighted by molar-refractivity contribution is 5.97. The predicted octanol–water partition coefficient (Wildman–Crippen LogP) is 1.86. The van der Waals surface area contributed by atoms with Crippen LogP contribution in [0.3, 0.4) is 0 Å². The predicted molar refractivity (Wildman–Crippen MR) is 64.1 cm³/mol. The van der Waals surface area contributed by atoms with Crippen molar-refractivity contribution in [1.82, 2.24) is 5.32 Å². The van der Waals surface area contributed by atoms with Gasteiger partial charge in [-0.2, -0.15) is 0 Å². The molecule has 1 aromatic rings. The molecule has 102 valence electrons. The number of hydrogen-bond donors (Lipinski definition) is 2. The van der Waals surface area contributed by atoms with E-state index in [9.17, 15) is 18.4 Å². The third kappa shape index (κ3) is 4.50. The second-order valence-electron chi connectivity index (χ2n) is 3.91. The van der Waals surface area contributed by atoms with Crippen molar-refractivity contribution in [2.75, 3.05) is 0 Å². The average molecular weight is 269 g/mol. The van der Waals surface area contributed by atoms with Gasteiger partial charge in [0, 0.05) is 12.6 Å². The van der Waals surface area contributed by atoms with E-state index in [4.69, 9.17) is 5.11 Å². The van der Waals surface area contributed by atoms with E-state index in [1.165, 1.54) is 6.08 Å². The molecule has 0 bridgehead atoms. The maximum Gasteiger partial charge on any atom is 0.316 e. The molecule has 0 saturated heterocycles. The van der Waals surface area contributed by atoms with Crippen LogP contribution in [-0.2, 0) is 16.1 Å². The monoisotopic (exact) mass is 269 g/mol. The fourth-order valence-electron chi connectivity index (χ4n) is 1.51. The summed E-state index contributed by atoms with van der Waals surface area (Å²) in [6.45, 7) is 3.22. The first-order chi connectivity index (χ1) is 8.93. The van der Waals surface area contributed by atoms with E-state index in [2.05, 4.69) is 11.9 Å². The van der Waals surface area contributed by atoms with E-state index in [-0.39, 0.29) is 18.5 Å². The number of carbonyl (C=O) groups is 2. The second-order valence-corrected chi connectivity index (χ2v) is 3.91. The summed E-state index contributed by atoms with van der Waals surface area (Å²) in [4.78, 5) is 22.4. The first kappa shape index (κ1) is 14.8. The Balaban J connectivity index is 2.67. The van der Waals surface area contributed by atoms with Gasteiger partial charge in [0.05, 0.1) is 0 Å². The van der Waals surface area contributed by atoms with Gasteiger partial charge < -0.3 is 10.4 Å². The zero-order chi connectivity index (χ0) is 14.4. The quantitative estimate of drug-likeness (QED) is 0.612. The molecule has 0 aliphatic carbocycles. The summed E-state index contributed by atoms with van der Waals surface area (Å²) in [5.74, 6) is -4.77. The summed E-state index contributed by atoms with van der Waals surface area (Å²) < 4.78 is 25.8. The second kappa shape index (κ2) is 6.63. The Morgan fingerprint density at radius 3 is 2.37 bits per heavy atom. The minimum atomic E-state index is -1.28. The highest BCUT2D eigenvalue weighted by atomic mass is 19.1. The topological polar surface area (TPSA) is 66.4 Å². The van der Waals surface area contributed by atoms with Gasteiger partial charge in [-0.25, -0.2) is 8.78 Å². The molecule has 4 nitrogen and oxygen atoms in total. The van der Waals surface area contributed by atoms with Gasteiger partial charge in [-0.15, -0.1) is 6.58 Å². The Labute approximate surface area is 108 Å². The Bertz CT molecular complexity index is 482. The van der Waals surface area contributed by atoms with Gasteiger partial charge in [0.1, 0.15) is 17.6 Å². The van der Waals surface area contributed by atoms with Crippen molar-refractivity contribution in [3.8, 4) is 0 Å². The fourth-order valence-corrected chi connectivity index (χ4v) is 1.51. The molecule has 0 heterocycles. The zero-order valence-electron chi connectivity index (χ0n) is 10.0. The highest BCUT2D eigenvalue weighted by Crippen LogP contribution is 2.09. The number of carbonyl (C=O) groups excluding carboxylic acids is 1. The molecule has 2 N–H and O–H groups in total. The van der Waals surface area contributed by atoms with Crippen molar-refractivity contribution in [3.63, 3.8) is 0 Å². The van der Waals surface area contributed by atoms with Crippen LogP contribution in [0.1, 0.15) is 12.0 Å². The van der Waals surface area contributed by atoms with Crippen molar-refractivity contribution in [3.05, 3.63) is 48.1 Å². The van der Waals surface area contributed by atoms with E-state index in [1.54, 1.807) is 0 Å². The first-order valence-corrected chi connectivity index (χ1v) is 5.50. The van der Waals surface area contributed by atoms with Gasteiger partial charge in [0.2, 0.25) is 5.91 Å². The number of hydrogen-bond acceptors (Lipinski definition) is 2. The minimum absolute atomic E-state index is 0.0152. The third-order valence-electron chi connectivity index (χ3n) is 2.41. The zero-order valence-corrected chi connectivity index (χ0v) is 10.0. The van der Waals surface area contributed by atoms with Crippen LogP contribution in [0.5, 0.6) is 0 Å². The van der Waals surface area contributed by atoms with E-state index >= 15 is 0 Å². The summed E-state index contributed by atoms with van der Waals surface area (Å²) >= 11 is 0. The SMILES string of the molecule is C=CCC(C(=O)O)C(=O)NCc1cc(F)cc(F)c1. The van der Waals surface area contributed by atoms with E-state index < -0.39 is 29.4 Å². The molecule has 0 saturated carbocycles. The summed E-state index contributed by atoms with van der Waals surface area (Å²) in [6, 6.07) is 2.84. The lowest BCUT2D eigenvalue weighted by atomic mass is 10.0. The molecule has 0 aliphatic rings. The van der Waals surface area contributed by atoms with Gasteiger partial charge in [0.25, 0.3) is 0 Å². The number of benzene rings is 1. The van der Waals surface area contributed by atoms with E-state index in [1.807, 2.05) is 0 Å². The molecule has 1 aromatic carbocycles. The lowest BCUT2D eigenvalue weighted by Gasteiger charge is -2.11. The van der Waals surface area contributed by atoms with Crippen LogP contribution in [0.15, 0.2) is 30.9 Å². The fraction of sp³-hybridized carbons (Fsp3) is 0.231. The minimum Gasteiger partial charge on any atom is -0.481 e. The lowest BCUT2D eigenvalue weighted by molar-refractivity contribution is -0.146. The molecule has 1 atom stereocenters. The number of amides is 1. The summed E-state index contributed by atoms with van der Waals surface area (Å²) in [6.07, 6.45) is 1.30. The molecule has 0 fully saturated rings. The Morgan fingerprint density at radius 1 is 1.32 bits per heavy atom. The third-order valence-corrected chi connectivity index (χ3v) is 2.41. The number of carboxylic acid groups (broad SMARTS) is 1. The molecule has 0 spiro atoms.